The molecule has 4 rings (SSSR count). The Morgan fingerprint density at radius 3 is 2.32 bits per heavy atom. The second-order valence-corrected chi connectivity index (χ2v) is 11.3. The van der Waals surface area contributed by atoms with Crippen LogP contribution in [0.3, 0.4) is 0 Å². The van der Waals surface area contributed by atoms with Crippen molar-refractivity contribution in [1.29, 1.82) is 0 Å². The van der Waals surface area contributed by atoms with Gasteiger partial charge < -0.3 is 9.47 Å². The molecule has 1 saturated heterocycles. The van der Waals surface area contributed by atoms with E-state index in [0.29, 0.717) is 44.4 Å². The molecule has 1 aliphatic heterocycles. The summed E-state index contributed by atoms with van der Waals surface area (Å²) in [5.41, 5.74) is 3.59. The Hall–Kier alpha value is -3.17. The number of hydrogen-bond acceptors (Lipinski definition) is 6. The molecule has 0 aromatic heterocycles. The van der Waals surface area contributed by atoms with E-state index in [2.05, 4.69) is 4.90 Å². The van der Waals surface area contributed by atoms with Crippen molar-refractivity contribution in [3.8, 4) is 5.75 Å². The van der Waals surface area contributed by atoms with Crippen molar-refractivity contribution in [3.05, 3.63) is 105 Å². The molecule has 1 heterocycles. The maximum absolute atomic E-state index is 12.8. The number of piperazine rings is 1. The third-order valence-corrected chi connectivity index (χ3v) is 8.14. The fourth-order valence-corrected chi connectivity index (χ4v) is 5.48. The molecule has 0 bridgehead atoms. The standard InChI is InChI=1S/C29H31ClN2O5S/c1-36-29(33)20-25-9-12-28(37-22-24-7-10-27(30)11-8-24)26(19-25)21-31-14-16-32(17-15-31)38(34,35)18-13-23-5-3-2-4-6-23/h2-13,18-19H,14-17,20-22H2,1H3. The van der Waals surface area contributed by atoms with Gasteiger partial charge in [0.1, 0.15) is 12.4 Å². The third kappa shape index (κ3) is 7.91. The molecule has 1 aliphatic rings. The van der Waals surface area contributed by atoms with E-state index in [1.165, 1.54) is 16.8 Å². The largest absolute Gasteiger partial charge is 0.489 e. The summed E-state index contributed by atoms with van der Waals surface area (Å²) in [5, 5.41) is 1.94. The molecule has 0 aliphatic carbocycles. The number of carbonyl (C=O) groups excluding carboxylic acids is 1. The first-order valence-electron chi connectivity index (χ1n) is 12.3. The second-order valence-electron chi connectivity index (χ2n) is 9.04. The van der Waals surface area contributed by atoms with Gasteiger partial charge >= 0.3 is 5.97 Å². The SMILES string of the molecule is COC(=O)Cc1ccc(OCc2ccc(Cl)cc2)c(CN2CCN(S(=O)(=O)C=Cc3ccccc3)CC2)c1. The van der Waals surface area contributed by atoms with E-state index < -0.39 is 10.0 Å². The molecule has 0 unspecified atom stereocenters. The van der Waals surface area contributed by atoms with E-state index in [4.69, 9.17) is 21.1 Å². The Bertz CT molecular complexity index is 1350. The highest BCUT2D eigenvalue weighted by molar-refractivity contribution is 7.92. The summed E-state index contributed by atoms with van der Waals surface area (Å²) in [6.07, 6.45) is 1.79. The van der Waals surface area contributed by atoms with Gasteiger partial charge in [0.2, 0.25) is 10.0 Å². The van der Waals surface area contributed by atoms with Gasteiger partial charge in [0.05, 0.1) is 13.5 Å². The van der Waals surface area contributed by atoms with Crippen LogP contribution in [0.5, 0.6) is 5.75 Å². The van der Waals surface area contributed by atoms with Gasteiger partial charge in [0, 0.05) is 48.7 Å². The zero-order chi connectivity index (χ0) is 27.0. The Labute approximate surface area is 229 Å². The smallest absolute Gasteiger partial charge is 0.309 e. The van der Waals surface area contributed by atoms with Crippen LogP contribution >= 0.6 is 11.6 Å². The topological polar surface area (TPSA) is 76.2 Å². The number of rotatable bonds is 10. The predicted octanol–water partition coefficient (Wildman–Crippen LogP) is 4.75. The van der Waals surface area contributed by atoms with E-state index in [1.54, 1.807) is 6.08 Å². The second kappa shape index (κ2) is 13.1. The molecular weight excluding hydrogens is 524 g/mol. The monoisotopic (exact) mass is 554 g/mol. The molecule has 0 radical (unpaired) electrons. The summed E-state index contributed by atoms with van der Waals surface area (Å²) in [6.45, 7) is 2.89. The first-order chi connectivity index (χ1) is 18.3. The molecule has 9 heteroatoms. The van der Waals surface area contributed by atoms with Gasteiger partial charge in [-0.25, -0.2) is 8.42 Å². The lowest BCUT2D eigenvalue weighted by Crippen LogP contribution is -2.47. The van der Waals surface area contributed by atoms with Crippen molar-refractivity contribution in [2.75, 3.05) is 33.3 Å². The number of carbonyl (C=O) groups is 1. The van der Waals surface area contributed by atoms with Crippen molar-refractivity contribution >= 4 is 33.7 Å². The summed E-state index contributed by atoms with van der Waals surface area (Å²) in [4.78, 5) is 14.0. The lowest BCUT2D eigenvalue weighted by atomic mass is 10.1. The van der Waals surface area contributed by atoms with Crippen LogP contribution < -0.4 is 4.74 Å². The first-order valence-corrected chi connectivity index (χ1v) is 14.2. The van der Waals surface area contributed by atoms with Gasteiger partial charge in [-0.2, -0.15) is 4.31 Å². The van der Waals surface area contributed by atoms with Crippen LogP contribution in [0.25, 0.3) is 6.08 Å². The molecule has 7 nitrogen and oxygen atoms in total. The molecule has 0 spiro atoms. The van der Waals surface area contributed by atoms with Crippen molar-refractivity contribution in [2.24, 2.45) is 0 Å². The molecule has 0 N–H and O–H groups in total. The number of esters is 1. The van der Waals surface area contributed by atoms with Gasteiger partial charge in [0.25, 0.3) is 0 Å². The number of methoxy groups -OCH3 is 1. The maximum Gasteiger partial charge on any atom is 0.309 e. The summed E-state index contributed by atoms with van der Waals surface area (Å²) in [7, 11) is -2.14. The Morgan fingerprint density at radius 1 is 0.947 bits per heavy atom. The summed E-state index contributed by atoms with van der Waals surface area (Å²) < 4.78 is 38.2. The van der Waals surface area contributed by atoms with Crippen molar-refractivity contribution in [3.63, 3.8) is 0 Å². The van der Waals surface area contributed by atoms with Crippen LogP contribution in [0.15, 0.2) is 78.2 Å². The van der Waals surface area contributed by atoms with Crippen molar-refractivity contribution in [1.82, 2.24) is 9.21 Å². The molecular formula is C29H31ClN2O5S. The number of nitrogens with zero attached hydrogens (tertiary/aromatic N) is 2. The summed E-state index contributed by atoms with van der Waals surface area (Å²) in [6, 6.07) is 22.5. The highest BCUT2D eigenvalue weighted by Gasteiger charge is 2.25. The molecule has 1 fully saturated rings. The van der Waals surface area contributed by atoms with E-state index in [-0.39, 0.29) is 12.4 Å². The van der Waals surface area contributed by atoms with Crippen LogP contribution in [-0.4, -0.2) is 56.9 Å². The number of ether oxygens (including phenoxy) is 2. The van der Waals surface area contributed by atoms with E-state index in [9.17, 15) is 13.2 Å². The van der Waals surface area contributed by atoms with Gasteiger partial charge in [-0.15, -0.1) is 0 Å². The molecule has 0 atom stereocenters. The van der Waals surface area contributed by atoms with Crippen LogP contribution in [0.2, 0.25) is 5.02 Å². The van der Waals surface area contributed by atoms with E-state index in [0.717, 1.165) is 28.0 Å². The minimum atomic E-state index is -3.51. The molecule has 0 amide bonds. The van der Waals surface area contributed by atoms with Crippen molar-refractivity contribution in [2.45, 2.75) is 19.6 Å². The van der Waals surface area contributed by atoms with Crippen LogP contribution in [0.4, 0.5) is 0 Å². The minimum absolute atomic E-state index is 0.167. The highest BCUT2D eigenvalue weighted by Crippen LogP contribution is 2.25. The number of halogens is 1. The molecule has 3 aromatic rings. The first kappa shape index (κ1) is 27.9. The fraction of sp³-hybridized carbons (Fsp3) is 0.276. The van der Waals surface area contributed by atoms with Gasteiger partial charge in [-0.05, 0) is 41.0 Å². The molecule has 0 saturated carbocycles. The zero-order valence-corrected chi connectivity index (χ0v) is 22.8. The quantitative estimate of drug-likeness (QED) is 0.337. The predicted molar refractivity (Wildman–Crippen MR) is 149 cm³/mol. The van der Waals surface area contributed by atoms with Gasteiger partial charge in [0.15, 0.2) is 0 Å². The van der Waals surface area contributed by atoms with Crippen LogP contribution in [-0.2, 0) is 39.1 Å². The van der Waals surface area contributed by atoms with Crippen molar-refractivity contribution < 1.29 is 22.7 Å². The summed E-state index contributed by atoms with van der Waals surface area (Å²) >= 11 is 5.99. The van der Waals surface area contributed by atoms with Gasteiger partial charge in [-0.1, -0.05) is 66.2 Å². The minimum Gasteiger partial charge on any atom is -0.489 e. The molecule has 38 heavy (non-hydrogen) atoms. The Kier molecular flexibility index (Phi) is 9.58. The normalized spacial score (nSPS) is 15.0. The Balaban J connectivity index is 1.42. The third-order valence-electron chi connectivity index (χ3n) is 6.33. The number of hydrogen-bond donors (Lipinski definition) is 0. The van der Waals surface area contributed by atoms with Crippen LogP contribution in [0, 0.1) is 0 Å². The lowest BCUT2D eigenvalue weighted by molar-refractivity contribution is -0.139. The maximum atomic E-state index is 12.8. The summed E-state index contributed by atoms with van der Waals surface area (Å²) in [5.74, 6) is 0.405. The average Bonchev–Trinajstić information content (AvgIpc) is 2.93. The van der Waals surface area contributed by atoms with Crippen LogP contribution in [0.1, 0.15) is 22.3 Å². The number of sulfonamides is 1. The highest BCUT2D eigenvalue weighted by atomic mass is 35.5. The van der Waals surface area contributed by atoms with Gasteiger partial charge in [-0.3, -0.25) is 9.69 Å². The van der Waals surface area contributed by atoms with E-state index in [1.807, 2.05) is 72.8 Å². The lowest BCUT2D eigenvalue weighted by Gasteiger charge is -2.33. The fourth-order valence-electron chi connectivity index (χ4n) is 4.19. The molecule has 200 valence electrons. The zero-order valence-electron chi connectivity index (χ0n) is 21.3. The number of benzene rings is 3. The molecule has 3 aromatic carbocycles. The Morgan fingerprint density at radius 2 is 1.63 bits per heavy atom. The van der Waals surface area contributed by atoms with E-state index >= 15 is 0 Å². The average molecular weight is 555 g/mol.